The molecular formula is C31H34ClN3O6S. The van der Waals surface area contributed by atoms with E-state index in [1.165, 1.54) is 12.1 Å². The molecule has 222 valence electrons. The van der Waals surface area contributed by atoms with Gasteiger partial charge in [-0.2, -0.15) is 13.5 Å². The van der Waals surface area contributed by atoms with E-state index < -0.39 is 27.5 Å². The second kappa shape index (κ2) is 13.5. The second-order valence-electron chi connectivity index (χ2n) is 10.2. The molecule has 9 nitrogen and oxygen atoms in total. The smallest absolute Gasteiger partial charge is 0.343 e. The van der Waals surface area contributed by atoms with Crippen LogP contribution in [-0.4, -0.2) is 57.0 Å². The normalized spacial score (nSPS) is 16.0. The Kier molecular flexibility index (Phi) is 10.1. The van der Waals surface area contributed by atoms with Gasteiger partial charge in [0.1, 0.15) is 11.3 Å². The molecule has 2 N–H and O–H groups in total. The van der Waals surface area contributed by atoms with E-state index in [-0.39, 0.29) is 34.2 Å². The Morgan fingerprint density at radius 1 is 1.00 bits per heavy atom. The highest BCUT2D eigenvalue weighted by Gasteiger charge is 2.35. The molecule has 42 heavy (non-hydrogen) atoms. The lowest BCUT2D eigenvalue weighted by atomic mass is 9.78. The van der Waals surface area contributed by atoms with Gasteiger partial charge in [0.25, 0.3) is 10.0 Å². The van der Waals surface area contributed by atoms with Gasteiger partial charge in [-0.1, -0.05) is 60.2 Å². The molecule has 0 aliphatic carbocycles. The van der Waals surface area contributed by atoms with Gasteiger partial charge in [-0.3, -0.25) is 4.90 Å². The number of morpholine rings is 1. The lowest BCUT2D eigenvalue weighted by Gasteiger charge is -2.34. The van der Waals surface area contributed by atoms with Crippen LogP contribution >= 0.6 is 12.4 Å². The third kappa shape index (κ3) is 6.84. The number of benzene rings is 3. The summed E-state index contributed by atoms with van der Waals surface area (Å²) in [5.41, 5.74) is 1.88. The standard InChI is InChI=1S/C31H33N3O6S.ClH/c1-21-12-14-24(15-13-21)41(37,38)33-32-22(2)26(20-34-16-18-39-19-17-34)28(23-8-4-3-5-9-23)29-30(35)25-10-6-7-11-27(25)40-31(29)36;/h3-15,26,28,33,35H,16-20H2,1-2H3;1H/b32-22-;. The number of hydrogen-bond donors (Lipinski definition) is 2. The number of fused-ring (bicyclic) bond motifs is 1. The Hall–Kier alpha value is -3.70. The van der Waals surface area contributed by atoms with Crippen LogP contribution in [0.5, 0.6) is 5.75 Å². The van der Waals surface area contributed by atoms with Crippen LogP contribution in [-0.2, 0) is 14.8 Å². The van der Waals surface area contributed by atoms with Crippen LogP contribution in [0.15, 0.2) is 98.1 Å². The van der Waals surface area contributed by atoms with Crippen LogP contribution in [0.3, 0.4) is 0 Å². The molecule has 2 atom stereocenters. The van der Waals surface area contributed by atoms with Gasteiger partial charge in [-0.15, -0.1) is 12.4 Å². The van der Waals surface area contributed by atoms with Crippen LogP contribution < -0.4 is 10.5 Å². The van der Waals surface area contributed by atoms with Crippen molar-refractivity contribution in [1.29, 1.82) is 0 Å². The Labute approximate surface area is 251 Å². The Morgan fingerprint density at radius 3 is 2.33 bits per heavy atom. The third-order valence-corrected chi connectivity index (χ3v) is 8.69. The molecule has 4 aromatic rings. The van der Waals surface area contributed by atoms with Gasteiger partial charge in [0.05, 0.1) is 29.1 Å². The monoisotopic (exact) mass is 611 g/mol. The number of rotatable bonds is 9. The van der Waals surface area contributed by atoms with Crippen molar-refractivity contribution in [2.24, 2.45) is 11.0 Å². The molecule has 0 radical (unpaired) electrons. The fourth-order valence-corrected chi connectivity index (χ4v) is 6.07. The summed E-state index contributed by atoms with van der Waals surface area (Å²) >= 11 is 0. The topological polar surface area (TPSA) is 121 Å². The van der Waals surface area contributed by atoms with Crippen molar-refractivity contribution >= 4 is 39.1 Å². The van der Waals surface area contributed by atoms with Crippen molar-refractivity contribution in [3.05, 3.63) is 106 Å². The molecule has 1 aromatic heterocycles. The number of para-hydroxylation sites is 1. The molecule has 1 fully saturated rings. The molecule has 1 aliphatic heterocycles. The quantitative estimate of drug-likeness (QED) is 0.160. The number of aryl methyl sites for hydroxylation is 1. The Morgan fingerprint density at radius 2 is 1.64 bits per heavy atom. The average Bonchev–Trinajstić information content (AvgIpc) is 2.98. The predicted molar refractivity (Wildman–Crippen MR) is 165 cm³/mol. The molecule has 0 saturated carbocycles. The van der Waals surface area contributed by atoms with E-state index in [0.717, 1.165) is 11.1 Å². The maximum Gasteiger partial charge on any atom is 0.343 e. The van der Waals surface area contributed by atoms with Gasteiger partial charge in [0.2, 0.25) is 0 Å². The summed E-state index contributed by atoms with van der Waals surface area (Å²) in [5, 5.41) is 16.3. The molecular weight excluding hydrogens is 578 g/mol. The number of halogens is 1. The van der Waals surface area contributed by atoms with E-state index in [4.69, 9.17) is 9.15 Å². The number of hydrazone groups is 1. The number of sulfonamides is 1. The number of nitrogens with zero attached hydrogens (tertiary/aromatic N) is 2. The maximum absolute atomic E-state index is 13.5. The minimum absolute atomic E-state index is 0. The van der Waals surface area contributed by atoms with Gasteiger partial charge in [-0.25, -0.2) is 9.63 Å². The molecule has 11 heteroatoms. The Balaban J connectivity index is 0.00000405. The summed E-state index contributed by atoms with van der Waals surface area (Å²) in [5.74, 6) is -1.36. The van der Waals surface area contributed by atoms with Crippen LogP contribution in [0.25, 0.3) is 11.0 Å². The highest BCUT2D eigenvalue weighted by Crippen LogP contribution is 2.39. The first-order chi connectivity index (χ1) is 19.7. The first kappa shape index (κ1) is 31.2. The number of nitrogens with one attached hydrogen (secondary N) is 1. The van der Waals surface area contributed by atoms with Crippen LogP contribution in [0.1, 0.15) is 29.5 Å². The zero-order valence-electron chi connectivity index (χ0n) is 23.4. The molecule has 3 aromatic carbocycles. The van der Waals surface area contributed by atoms with E-state index in [1.54, 1.807) is 43.3 Å². The summed E-state index contributed by atoms with van der Waals surface area (Å²) in [6.07, 6.45) is 0. The lowest BCUT2D eigenvalue weighted by molar-refractivity contribution is 0.0335. The third-order valence-electron chi connectivity index (χ3n) is 7.46. The summed E-state index contributed by atoms with van der Waals surface area (Å²) < 4.78 is 37.4. The van der Waals surface area contributed by atoms with Crippen molar-refractivity contribution in [1.82, 2.24) is 9.73 Å². The van der Waals surface area contributed by atoms with Gasteiger partial charge >= 0.3 is 5.63 Å². The van der Waals surface area contributed by atoms with Crippen molar-refractivity contribution in [2.75, 3.05) is 32.8 Å². The zero-order valence-corrected chi connectivity index (χ0v) is 25.0. The minimum atomic E-state index is -3.94. The van der Waals surface area contributed by atoms with Gasteiger partial charge < -0.3 is 14.3 Å². The highest BCUT2D eigenvalue weighted by molar-refractivity contribution is 7.89. The van der Waals surface area contributed by atoms with Crippen molar-refractivity contribution in [2.45, 2.75) is 24.7 Å². The maximum atomic E-state index is 13.5. The molecule has 2 unspecified atom stereocenters. The number of ether oxygens (including phenoxy) is 1. The minimum Gasteiger partial charge on any atom is -0.507 e. The second-order valence-corrected chi connectivity index (χ2v) is 11.9. The van der Waals surface area contributed by atoms with E-state index in [1.807, 2.05) is 37.3 Å². The zero-order chi connectivity index (χ0) is 29.0. The largest absolute Gasteiger partial charge is 0.507 e. The van der Waals surface area contributed by atoms with Crippen molar-refractivity contribution in [3.63, 3.8) is 0 Å². The molecule has 1 saturated heterocycles. The van der Waals surface area contributed by atoms with E-state index in [9.17, 15) is 18.3 Å². The fraction of sp³-hybridized carbons (Fsp3) is 0.290. The lowest BCUT2D eigenvalue weighted by Crippen LogP contribution is -2.43. The summed E-state index contributed by atoms with van der Waals surface area (Å²) in [4.78, 5) is 18.2. The van der Waals surface area contributed by atoms with Crippen LogP contribution in [0.4, 0.5) is 0 Å². The van der Waals surface area contributed by atoms with E-state index in [0.29, 0.717) is 43.9 Å². The number of hydrogen-bond acceptors (Lipinski definition) is 8. The molecule has 1 aliphatic rings. The summed E-state index contributed by atoms with van der Waals surface area (Å²) in [7, 11) is -3.94. The van der Waals surface area contributed by atoms with Gasteiger partial charge in [0.15, 0.2) is 0 Å². The summed E-state index contributed by atoms with van der Waals surface area (Å²) in [6.45, 7) is 6.50. The molecule has 0 spiro atoms. The van der Waals surface area contributed by atoms with E-state index >= 15 is 0 Å². The Bertz CT molecular complexity index is 1700. The average molecular weight is 612 g/mol. The molecule has 0 bridgehead atoms. The van der Waals surface area contributed by atoms with Crippen LogP contribution in [0.2, 0.25) is 0 Å². The summed E-state index contributed by atoms with van der Waals surface area (Å²) in [6, 6.07) is 22.7. The number of aromatic hydroxyl groups is 1. The van der Waals surface area contributed by atoms with Gasteiger partial charge in [-0.05, 0) is 43.7 Å². The fourth-order valence-electron chi connectivity index (χ4n) is 5.21. The molecule has 2 heterocycles. The van der Waals surface area contributed by atoms with Crippen molar-refractivity contribution < 1.29 is 22.7 Å². The molecule has 0 amide bonds. The van der Waals surface area contributed by atoms with Crippen molar-refractivity contribution in [3.8, 4) is 5.75 Å². The predicted octanol–water partition coefficient (Wildman–Crippen LogP) is 4.66. The first-order valence-corrected chi connectivity index (χ1v) is 15.0. The SMILES string of the molecule is C/C(=N/NS(=O)(=O)c1ccc(C)cc1)C(CN1CCOCC1)C(c1ccccc1)c1c(O)c2ccccc2oc1=O.Cl. The highest BCUT2D eigenvalue weighted by atomic mass is 35.5. The van der Waals surface area contributed by atoms with Gasteiger partial charge in [0, 0.05) is 37.2 Å². The van der Waals surface area contributed by atoms with E-state index in [2.05, 4.69) is 14.8 Å². The molecule has 5 rings (SSSR count). The first-order valence-electron chi connectivity index (χ1n) is 13.5. The van der Waals surface area contributed by atoms with Crippen LogP contribution in [0, 0.1) is 12.8 Å².